The van der Waals surface area contributed by atoms with Crippen molar-refractivity contribution in [2.24, 2.45) is 11.1 Å². The van der Waals surface area contributed by atoms with Gasteiger partial charge in [0.1, 0.15) is 5.82 Å². The van der Waals surface area contributed by atoms with Crippen molar-refractivity contribution in [3.8, 4) is 0 Å². The zero-order chi connectivity index (χ0) is 11.6. The number of rotatable bonds is 3. The zero-order valence-electron chi connectivity index (χ0n) is 9.83. The van der Waals surface area contributed by atoms with E-state index in [0.717, 1.165) is 11.1 Å². The van der Waals surface area contributed by atoms with Crippen LogP contribution in [0.25, 0.3) is 0 Å². The molecule has 0 saturated heterocycles. The minimum Gasteiger partial charge on any atom is -0.396 e. The molecule has 3 N–H and O–H groups in total. The molecule has 0 bridgehead atoms. The van der Waals surface area contributed by atoms with E-state index in [-0.39, 0.29) is 30.9 Å². The van der Waals surface area contributed by atoms with E-state index in [0.29, 0.717) is 0 Å². The van der Waals surface area contributed by atoms with Crippen LogP contribution in [0.4, 0.5) is 4.39 Å². The fourth-order valence-electron chi connectivity index (χ4n) is 1.47. The normalized spacial score (nSPS) is 13.1. The molecule has 0 saturated carbocycles. The lowest BCUT2D eigenvalue weighted by molar-refractivity contribution is 0.132. The number of aryl methyl sites for hydroxylation is 1. The van der Waals surface area contributed by atoms with E-state index < -0.39 is 5.41 Å². The molecule has 92 valence electrons. The maximum Gasteiger partial charge on any atom is 0.123 e. The Morgan fingerprint density at radius 2 is 2.00 bits per heavy atom. The van der Waals surface area contributed by atoms with E-state index in [9.17, 15) is 9.50 Å². The van der Waals surface area contributed by atoms with Gasteiger partial charge in [0, 0.05) is 18.1 Å². The van der Waals surface area contributed by atoms with Crippen LogP contribution in [0.1, 0.15) is 31.0 Å². The third-order valence-corrected chi connectivity index (χ3v) is 2.83. The predicted octanol–water partition coefficient (Wildman–Crippen LogP) is 2.57. The highest BCUT2D eigenvalue weighted by Crippen LogP contribution is 2.32. The zero-order valence-corrected chi connectivity index (χ0v) is 10.6. The maximum absolute atomic E-state index is 13.1. The average Bonchev–Trinajstić information content (AvgIpc) is 2.20. The van der Waals surface area contributed by atoms with Gasteiger partial charge in [0.2, 0.25) is 0 Å². The number of benzene rings is 1. The van der Waals surface area contributed by atoms with Gasteiger partial charge in [0.05, 0.1) is 0 Å². The van der Waals surface area contributed by atoms with Crippen LogP contribution in [0, 0.1) is 18.2 Å². The van der Waals surface area contributed by atoms with Crippen LogP contribution in [0.3, 0.4) is 0 Å². The van der Waals surface area contributed by atoms with Gasteiger partial charge in [0.15, 0.2) is 0 Å². The van der Waals surface area contributed by atoms with Crippen molar-refractivity contribution in [3.05, 3.63) is 35.1 Å². The summed E-state index contributed by atoms with van der Waals surface area (Å²) in [5, 5.41) is 9.21. The molecule has 16 heavy (non-hydrogen) atoms. The van der Waals surface area contributed by atoms with E-state index >= 15 is 0 Å². The van der Waals surface area contributed by atoms with Crippen LogP contribution < -0.4 is 5.73 Å². The van der Waals surface area contributed by atoms with Crippen LogP contribution in [-0.2, 0) is 0 Å². The fraction of sp³-hybridized carbons (Fsp3) is 0.500. The van der Waals surface area contributed by atoms with Crippen LogP contribution >= 0.6 is 12.4 Å². The Bertz CT molecular complexity index is 355. The lowest BCUT2D eigenvalue weighted by Gasteiger charge is -2.30. The van der Waals surface area contributed by atoms with Crippen molar-refractivity contribution in [1.29, 1.82) is 0 Å². The Balaban J connectivity index is 0.00000225. The van der Waals surface area contributed by atoms with E-state index in [2.05, 4.69) is 0 Å². The molecule has 1 aromatic carbocycles. The summed E-state index contributed by atoms with van der Waals surface area (Å²) < 4.78 is 13.1. The highest BCUT2D eigenvalue weighted by atomic mass is 35.5. The molecular formula is C12H19ClFNO. The number of halogens is 2. The van der Waals surface area contributed by atoms with Crippen LogP contribution in [0.2, 0.25) is 0 Å². The third kappa shape index (κ3) is 3.17. The second-order valence-electron chi connectivity index (χ2n) is 4.63. The van der Waals surface area contributed by atoms with Crippen molar-refractivity contribution >= 4 is 12.4 Å². The molecule has 0 spiro atoms. The molecule has 0 unspecified atom stereocenters. The summed E-state index contributed by atoms with van der Waals surface area (Å²) in [6, 6.07) is 4.20. The molecule has 1 aromatic rings. The number of hydrogen-bond donors (Lipinski definition) is 2. The summed E-state index contributed by atoms with van der Waals surface area (Å²) in [4.78, 5) is 0. The van der Waals surface area contributed by atoms with Gasteiger partial charge in [-0.1, -0.05) is 19.9 Å². The standard InChI is InChI=1S/C12H18FNO.ClH/c1-8-4-5-9(13)6-10(8)11(14)12(2,3)7-15;/h4-6,11,15H,7,14H2,1-3H3;1H/t11-;/m0./s1. The molecule has 0 aromatic heterocycles. The van der Waals surface area contributed by atoms with E-state index in [4.69, 9.17) is 5.73 Å². The quantitative estimate of drug-likeness (QED) is 0.863. The minimum absolute atomic E-state index is 0. The van der Waals surface area contributed by atoms with Crippen molar-refractivity contribution in [1.82, 2.24) is 0 Å². The summed E-state index contributed by atoms with van der Waals surface area (Å²) in [7, 11) is 0. The minimum atomic E-state index is -0.446. The molecule has 0 aliphatic heterocycles. The van der Waals surface area contributed by atoms with Crippen LogP contribution in [-0.4, -0.2) is 11.7 Å². The highest BCUT2D eigenvalue weighted by Gasteiger charge is 2.28. The topological polar surface area (TPSA) is 46.2 Å². The molecule has 1 rings (SSSR count). The highest BCUT2D eigenvalue weighted by molar-refractivity contribution is 5.85. The SMILES string of the molecule is Cc1ccc(F)cc1[C@H](N)C(C)(C)CO.Cl. The monoisotopic (exact) mass is 247 g/mol. The summed E-state index contributed by atoms with van der Waals surface area (Å²) in [5.41, 5.74) is 7.29. The molecule has 0 aliphatic rings. The molecule has 0 fully saturated rings. The Hall–Kier alpha value is -0.640. The lowest BCUT2D eigenvalue weighted by Crippen LogP contribution is -2.33. The average molecular weight is 248 g/mol. The first-order valence-corrected chi connectivity index (χ1v) is 5.01. The van der Waals surface area contributed by atoms with Gasteiger partial charge in [-0.3, -0.25) is 0 Å². The second kappa shape index (κ2) is 5.62. The van der Waals surface area contributed by atoms with Gasteiger partial charge in [-0.25, -0.2) is 4.39 Å². The van der Waals surface area contributed by atoms with Crippen LogP contribution in [0.5, 0.6) is 0 Å². The van der Waals surface area contributed by atoms with E-state index in [1.807, 2.05) is 20.8 Å². The summed E-state index contributed by atoms with van der Waals surface area (Å²) in [5.74, 6) is -0.292. The van der Waals surface area contributed by atoms with E-state index in [1.54, 1.807) is 6.07 Å². The van der Waals surface area contributed by atoms with E-state index in [1.165, 1.54) is 12.1 Å². The molecule has 0 radical (unpaired) electrons. The summed E-state index contributed by atoms with van der Waals surface area (Å²) in [6.07, 6.45) is 0. The van der Waals surface area contributed by atoms with Crippen LogP contribution in [0.15, 0.2) is 18.2 Å². The number of aliphatic hydroxyl groups excluding tert-OH is 1. The van der Waals surface area contributed by atoms with Gasteiger partial charge < -0.3 is 10.8 Å². The van der Waals surface area contributed by atoms with Gasteiger partial charge in [0.25, 0.3) is 0 Å². The molecule has 0 aliphatic carbocycles. The molecular weight excluding hydrogens is 229 g/mol. The van der Waals surface area contributed by atoms with Crippen molar-refractivity contribution in [3.63, 3.8) is 0 Å². The maximum atomic E-state index is 13.1. The smallest absolute Gasteiger partial charge is 0.123 e. The first-order chi connectivity index (χ1) is 6.88. The largest absolute Gasteiger partial charge is 0.396 e. The molecule has 4 heteroatoms. The Morgan fingerprint density at radius 1 is 1.44 bits per heavy atom. The first kappa shape index (κ1) is 15.4. The predicted molar refractivity (Wildman–Crippen MR) is 66.2 cm³/mol. The second-order valence-corrected chi connectivity index (χ2v) is 4.63. The Morgan fingerprint density at radius 3 is 2.50 bits per heavy atom. The molecule has 0 amide bonds. The van der Waals surface area contributed by atoms with Gasteiger partial charge >= 0.3 is 0 Å². The van der Waals surface area contributed by atoms with Crippen molar-refractivity contribution < 1.29 is 9.50 Å². The Labute approximate surface area is 102 Å². The third-order valence-electron chi connectivity index (χ3n) is 2.83. The number of nitrogens with two attached hydrogens (primary N) is 1. The lowest BCUT2D eigenvalue weighted by atomic mass is 9.80. The summed E-state index contributed by atoms with van der Waals surface area (Å²) >= 11 is 0. The molecule has 1 atom stereocenters. The van der Waals surface area contributed by atoms with Crippen molar-refractivity contribution in [2.75, 3.05) is 6.61 Å². The summed E-state index contributed by atoms with van der Waals surface area (Å²) in [6.45, 7) is 5.59. The number of aliphatic hydroxyl groups is 1. The molecule has 2 nitrogen and oxygen atoms in total. The van der Waals surface area contributed by atoms with Gasteiger partial charge in [-0.15, -0.1) is 12.4 Å². The Kier molecular flexibility index (Phi) is 5.39. The first-order valence-electron chi connectivity index (χ1n) is 5.01. The van der Waals surface area contributed by atoms with Crippen molar-refractivity contribution in [2.45, 2.75) is 26.8 Å². The van der Waals surface area contributed by atoms with Gasteiger partial charge in [-0.05, 0) is 30.2 Å². The fourth-order valence-corrected chi connectivity index (χ4v) is 1.47. The van der Waals surface area contributed by atoms with Gasteiger partial charge in [-0.2, -0.15) is 0 Å². The molecule has 0 heterocycles. The number of hydrogen-bond acceptors (Lipinski definition) is 2.